The van der Waals surface area contributed by atoms with Crippen LogP contribution in [0.3, 0.4) is 0 Å². The third-order valence-electron chi connectivity index (χ3n) is 2.84. The number of oxime groups is 1. The molecule has 0 N–H and O–H groups in total. The van der Waals surface area contributed by atoms with Gasteiger partial charge >= 0.3 is 0 Å². The maximum atomic E-state index is 5.25. The topological polar surface area (TPSA) is 30.8 Å². The summed E-state index contributed by atoms with van der Waals surface area (Å²) in [5.74, 6) is 1.21. The molecular weight excluding hydrogens is 190 g/mol. The molecule has 2 atom stereocenters. The maximum absolute atomic E-state index is 5.25. The minimum Gasteiger partial charge on any atom is -0.497 e. The summed E-state index contributed by atoms with van der Waals surface area (Å²) in [6, 6.07) is 7.90. The van der Waals surface area contributed by atoms with Crippen LogP contribution in [0.1, 0.15) is 19.4 Å². The summed E-state index contributed by atoms with van der Waals surface area (Å²) in [6.07, 6.45) is 0.169. The SMILES string of the molecule is COc1ccc(C2=NOC(C)C2C)cc1. The Kier molecular flexibility index (Phi) is 2.62. The highest BCUT2D eigenvalue weighted by Crippen LogP contribution is 2.23. The van der Waals surface area contributed by atoms with Gasteiger partial charge in [0.2, 0.25) is 0 Å². The predicted octanol–water partition coefficient (Wildman–Crippen LogP) is 2.45. The minimum atomic E-state index is 0.169. The van der Waals surface area contributed by atoms with E-state index in [2.05, 4.69) is 12.1 Å². The Bertz CT molecular complexity index is 370. The molecule has 2 unspecified atom stereocenters. The first kappa shape index (κ1) is 10.0. The van der Waals surface area contributed by atoms with Gasteiger partial charge in [0, 0.05) is 5.92 Å². The second kappa shape index (κ2) is 3.93. The summed E-state index contributed by atoms with van der Waals surface area (Å²) in [5, 5.41) is 4.10. The zero-order valence-electron chi connectivity index (χ0n) is 9.23. The largest absolute Gasteiger partial charge is 0.497 e. The average molecular weight is 205 g/mol. The number of hydrogen-bond donors (Lipinski definition) is 0. The van der Waals surface area contributed by atoms with Crippen LogP contribution in [0.4, 0.5) is 0 Å². The average Bonchev–Trinajstić information content (AvgIpc) is 2.60. The van der Waals surface area contributed by atoms with Crippen LogP contribution < -0.4 is 4.74 Å². The molecule has 0 saturated heterocycles. The Hall–Kier alpha value is -1.51. The van der Waals surface area contributed by atoms with E-state index in [1.165, 1.54) is 0 Å². The lowest BCUT2D eigenvalue weighted by atomic mass is 9.95. The molecule has 1 aliphatic heterocycles. The Labute approximate surface area is 89.7 Å². The van der Waals surface area contributed by atoms with Crippen molar-refractivity contribution < 1.29 is 9.57 Å². The molecule has 3 nitrogen and oxygen atoms in total. The van der Waals surface area contributed by atoms with Crippen molar-refractivity contribution in [3.8, 4) is 5.75 Å². The molecule has 0 bridgehead atoms. The fourth-order valence-corrected chi connectivity index (χ4v) is 1.61. The van der Waals surface area contributed by atoms with Gasteiger partial charge in [0.15, 0.2) is 0 Å². The molecule has 0 aliphatic carbocycles. The van der Waals surface area contributed by atoms with E-state index in [0.29, 0.717) is 5.92 Å². The highest BCUT2D eigenvalue weighted by Gasteiger charge is 2.27. The molecule has 2 rings (SSSR count). The number of rotatable bonds is 2. The van der Waals surface area contributed by atoms with Crippen molar-refractivity contribution in [3.63, 3.8) is 0 Å². The Balaban J connectivity index is 2.23. The third-order valence-corrected chi connectivity index (χ3v) is 2.84. The molecule has 0 saturated carbocycles. The molecule has 0 aromatic heterocycles. The third kappa shape index (κ3) is 1.82. The van der Waals surface area contributed by atoms with Crippen LogP contribution in [0, 0.1) is 5.92 Å². The van der Waals surface area contributed by atoms with E-state index >= 15 is 0 Å². The van der Waals surface area contributed by atoms with Gasteiger partial charge in [0.05, 0.1) is 12.8 Å². The molecule has 0 radical (unpaired) electrons. The second-order valence-corrected chi connectivity index (χ2v) is 3.80. The molecule has 0 spiro atoms. The van der Waals surface area contributed by atoms with E-state index in [0.717, 1.165) is 17.0 Å². The molecule has 15 heavy (non-hydrogen) atoms. The van der Waals surface area contributed by atoms with Gasteiger partial charge in [-0.3, -0.25) is 0 Å². The molecule has 0 fully saturated rings. The van der Waals surface area contributed by atoms with Crippen LogP contribution in [-0.2, 0) is 4.84 Å². The fourth-order valence-electron chi connectivity index (χ4n) is 1.61. The molecule has 1 aliphatic rings. The van der Waals surface area contributed by atoms with E-state index in [4.69, 9.17) is 9.57 Å². The van der Waals surface area contributed by atoms with Crippen LogP contribution >= 0.6 is 0 Å². The lowest BCUT2D eigenvalue weighted by molar-refractivity contribution is 0.0799. The van der Waals surface area contributed by atoms with E-state index < -0.39 is 0 Å². The quantitative estimate of drug-likeness (QED) is 0.742. The lowest BCUT2D eigenvalue weighted by Crippen LogP contribution is -2.17. The highest BCUT2D eigenvalue weighted by atomic mass is 16.6. The fraction of sp³-hybridized carbons (Fsp3) is 0.417. The van der Waals surface area contributed by atoms with E-state index in [1.54, 1.807) is 7.11 Å². The molecule has 0 amide bonds. The van der Waals surface area contributed by atoms with Crippen LogP contribution in [-0.4, -0.2) is 18.9 Å². The van der Waals surface area contributed by atoms with Gasteiger partial charge in [-0.25, -0.2) is 0 Å². The van der Waals surface area contributed by atoms with Gasteiger partial charge in [0.1, 0.15) is 11.9 Å². The van der Waals surface area contributed by atoms with Crippen LogP contribution in [0.2, 0.25) is 0 Å². The molecular formula is C12H15NO2. The molecule has 1 aromatic rings. The normalized spacial score (nSPS) is 24.6. The molecule has 3 heteroatoms. The monoisotopic (exact) mass is 205 g/mol. The van der Waals surface area contributed by atoms with Crippen molar-refractivity contribution in [1.29, 1.82) is 0 Å². The van der Waals surface area contributed by atoms with E-state index in [9.17, 15) is 0 Å². The van der Waals surface area contributed by atoms with Crippen molar-refractivity contribution in [1.82, 2.24) is 0 Å². The Morgan fingerprint density at radius 3 is 2.33 bits per heavy atom. The number of methoxy groups -OCH3 is 1. The van der Waals surface area contributed by atoms with Crippen LogP contribution in [0.15, 0.2) is 29.4 Å². The molecule has 1 heterocycles. The summed E-state index contributed by atoms with van der Waals surface area (Å²) in [4.78, 5) is 5.25. The van der Waals surface area contributed by atoms with Gasteiger partial charge < -0.3 is 9.57 Å². The highest BCUT2D eigenvalue weighted by molar-refractivity contribution is 6.02. The summed E-state index contributed by atoms with van der Waals surface area (Å²) >= 11 is 0. The smallest absolute Gasteiger partial charge is 0.133 e. The predicted molar refractivity (Wildman–Crippen MR) is 59.2 cm³/mol. The summed E-state index contributed by atoms with van der Waals surface area (Å²) < 4.78 is 5.11. The Morgan fingerprint density at radius 2 is 1.87 bits per heavy atom. The summed E-state index contributed by atoms with van der Waals surface area (Å²) in [6.45, 7) is 4.16. The first-order chi connectivity index (χ1) is 7.22. The van der Waals surface area contributed by atoms with Crippen molar-refractivity contribution in [2.75, 3.05) is 7.11 Å². The lowest BCUT2D eigenvalue weighted by Gasteiger charge is -2.09. The zero-order chi connectivity index (χ0) is 10.8. The van der Waals surface area contributed by atoms with Gasteiger partial charge in [-0.05, 0) is 36.8 Å². The summed E-state index contributed by atoms with van der Waals surface area (Å²) in [5.41, 5.74) is 2.12. The van der Waals surface area contributed by atoms with Gasteiger partial charge in [0.25, 0.3) is 0 Å². The van der Waals surface area contributed by atoms with Gasteiger partial charge in [-0.2, -0.15) is 0 Å². The van der Waals surface area contributed by atoms with Crippen molar-refractivity contribution in [2.45, 2.75) is 20.0 Å². The zero-order valence-corrected chi connectivity index (χ0v) is 9.23. The standard InChI is InChI=1S/C12H15NO2/c1-8-9(2)15-13-12(8)10-4-6-11(14-3)7-5-10/h4-9H,1-3H3. The number of nitrogens with zero attached hydrogens (tertiary/aromatic N) is 1. The Morgan fingerprint density at radius 1 is 1.20 bits per heavy atom. The van der Waals surface area contributed by atoms with Crippen molar-refractivity contribution in [3.05, 3.63) is 29.8 Å². The molecule has 1 aromatic carbocycles. The molecule has 80 valence electrons. The van der Waals surface area contributed by atoms with Crippen LogP contribution in [0.5, 0.6) is 5.75 Å². The second-order valence-electron chi connectivity index (χ2n) is 3.80. The number of ether oxygens (including phenoxy) is 1. The van der Waals surface area contributed by atoms with Crippen molar-refractivity contribution in [2.24, 2.45) is 11.1 Å². The van der Waals surface area contributed by atoms with Gasteiger partial charge in [-0.15, -0.1) is 0 Å². The first-order valence-corrected chi connectivity index (χ1v) is 5.10. The minimum absolute atomic E-state index is 0.169. The number of benzene rings is 1. The first-order valence-electron chi connectivity index (χ1n) is 5.10. The van der Waals surface area contributed by atoms with E-state index in [-0.39, 0.29) is 6.10 Å². The van der Waals surface area contributed by atoms with E-state index in [1.807, 2.05) is 31.2 Å². The maximum Gasteiger partial charge on any atom is 0.133 e. The van der Waals surface area contributed by atoms with Crippen molar-refractivity contribution >= 4 is 5.71 Å². The van der Waals surface area contributed by atoms with Crippen LogP contribution in [0.25, 0.3) is 0 Å². The summed E-state index contributed by atoms with van der Waals surface area (Å²) in [7, 11) is 1.66. The van der Waals surface area contributed by atoms with Gasteiger partial charge in [-0.1, -0.05) is 12.1 Å². The number of hydrogen-bond acceptors (Lipinski definition) is 3.